The third-order valence-corrected chi connectivity index (χ3v) is 6.96. The van der Waals surface area contributed by atoms with Gasteiger partial charge in [0, 0.05) is 6.04 Å². The molecule has 2 fully saturated rings. The van der Waals surface area contributed by atoms with Gasteiger partial charge < -0.3 is 14.6 Å². The van der Waals surface area contributed by atoms with Crippen LogP contribution in [0.25, 0.3) is 0 Å². The normalized spacial score (nSPS) is 25.1. The minimum absolute atomic E-state index is 0.0600. The van der Waals surface area contributed by atoms with Crippen molar-refractivity contribution in [1.82, 2.24) is 5.32 Å². The fourth-order valence-electron chi connectivity index (χ4n) is 5.43. The average molecular weight is 487 g/mol. The Morgan fingerprint density at radius 1 is 1.00 bits per heavy atom. The zero-order valence-electron chi connectivity index (χ0n) is 19.9. The van der Waals surface area contributed by atoms with E-state index in [1.54, 1.807) is 73.7 Å². The van der Waals surface area contributed by atoms with E-state index in [4.69, 9.17) is 9.47 Å². The Balaban J connectivity index is 1.73. The summed E-state index contributed by atoms with van der Waals surface area (Å²) >= 11 is 0. The topological polar surface area (TPSA) is 105 Å². The van der Waals surface area contributed by atoms with Crippen molar-refractivity contribution in [3.8, 4) is 11.5 Å². The second-order valence-corrected chi connectivity index (χ2v) is 8.80. The van der Waals surface area contributed by atoms with E-state index in [0.717, 1.165) is 4.90 Å². The molecule has 3 aromatic carbocycles. The van der Waals surface area contributed by atoms with E-state index < -0.39 is 41.2 Å². The van der Waals surface area contributed by atoms with Crippen LogP contribution >= 0.6 is 0 Å². The molecule has 0 saturated carbocycles. The molecule has 5 rings (SSSR count). The van der Waals surface area contributed by atoms with E-state index in [-0.39, 0.29) is 18.1 Å². The number of rotatable bonds is 6. The molecule has 0 radical (unpaired) electrons. The van der Waals surface area contributed by atoms with Crippen LogP contribution in [0.2, 0.25) is 0 Å². The number of amides is 2. The van der Waals surface area contributed by atoms with Gasteiger partial charge in [-0.05, 0) is 42.3 Å². The lowest BCUT2D eigenvalue weighted by Gasteiger charge is -2.33. The summed E-state index contributed by atoms with van der Waals surface area (Å²) < 4.78 is 10.8. The summed E-state index contributed by atoms with van der Waals surface area (Å²) in [5.74, 6) is -3.33. The number of hydrogen-bond acceptors (Lipinski definition) is 7. The van der Waals surface area contributed by atoms with Gasteiger partial charge in [-0.15, -0.1) is 0 Å². The van der Waals surface area contributed by atoms with Gasteiger partial charge >= 0.3 is 5.97 Å². The number of imide groups is 1. The van der Waals surface area contributed by atoms with Gasteiger partial charge in [-0.1, -0.05) is 54.6 Å². The first-order valence-corrected chi connectivity index (χ1v) is 11.7. The van der Waals surface area contributed by atoms with Crippen LogP contribution in [0.4, 0.5) is 5.69 Å². The minimum atomic E-state index is -1.60. The number of para-hydroxylation sites is 1. The number of methoxy groups -OCH3 is 1. The van der Waals surface area contributed by atoms with Crippen LogP contribution in [0, 0.1) is 11.8 Å². The molecule has 0 bridgehead atoms. The lowest BCUT2D eigenvalue weighted by molar-refractivity contribution is -0.155. The van der Waals surface area contributed by atoms with Crippen LogP contribution in [-0.4, -0.2) is 36.6 Å². The number of phenolic OH excluding ortho intramolecular Hbond substituents is 1. The predicted octanol–water partition coefficient (Wildman–Crippen LogP) is 3.31. The zero-order chi connectivity index (χ0) is 25.4. The first-order chi connectivity index (χ1) is 17.4. The smallest absolute Gasteiger partial charge is 0.331 e. The molecule has 2 N–H and O–H groups in total. The first-order valence-electron chi connectivity index (χ1n) is 11.7. The summed E-state index contributed by atoms with van der Waals surface area (Å²) in [4.78, 5) is 42.9. The van der Waals surface area contributed by atoms with Crippen LogP contribution < -0.4 is 15.0 Å². The fraction of sp³-hybridized carbons (Fsp3) is 0.250. The number of benzene rings is 3. The van der Waals surface area contributed by atoms with Gasteiger partial charge in [-0.3, -0.25) is 14.9 Å². The Kier molecular flexibility index (Phi) is 5.97. The van der Waals surface area contributed by atoms with E-state index in [1.807, 2.05) is 6.07 Å². The monoisotopic (exact) mass is 486 g/mol. The molecule has 8 heteroatoms. The number of phenols is 1. The molecule has 0 aromatic heterocycles. The van der Waals surface area contributed by atoms with Gasteiger partial charge in [0.05, 0.1) is 31.2 Å². The molecule has 3 aromatic rings. The Hall–Kier alpha value is -4.17. The number of fused-ring (bicyclic) bond motifs is 1. The largest absolute Gasteiger partial charge is 0.504 e. The summed E-state index contributed by atoms with van der Waals surface area (Å²) in [5, 5.41) is 13.5. The summed E-state index contributed by atoms with van der Waals surface area (Å²) in [6, 6.07) is 21.6. The highest BCUT2D eigenvalue weighted by atomic mass is 16.5. The molecule has 0 aliphatic carbocycles. The van der Waals surface area contributed by atoms with Crippen LogP contribution in [0.3, 0.4) is 0 Å². The van der Waals surface area contributed by atoms with Crippen LogP contribution in [0.15, 0.2) is 78.9 Å². The summed E-state index contributed by atoms with van der Waals surface area (Å²) in [5.41, 5.74) is -0.0381. The number of carbonyl (C=O) groups excluding carboxylic acids is 3. The summed E-state index contributed by atoms with van der Waals surface area (Å²) in [6.07, 6.45) is 0. The van der Waals surface area contributed by atoms with Gasteiger partial charge in [0.2, 0.25) is 11.8 Å². The molecular formula is C28H26N2O6. The number of hydrogen-bond donors (Lipinski definition) is 2. The highest BCUT2D eigenvalue weighted by Crippen LogP contribution is 2.54. The molecule has 2 heterocycles. The second-order valence-electron chi connectivity index (χ2n) is 8.80. The van der Waals surface area contributed by atoms with Crippen molar-refractivity contribution in [2.75, 3.05) is 18.6 Å². The van der Waals surface area contributed by atoms with Crippen molar-refractivity contribution < 1.29 is 29.0 Å². The highest BCUT2D eigenvalue weighted by Gasteiger charge is 2.69. The third-order valence-electron chi connectivity index (χ3n) is 6.96. The van der Waals surface area contributed by atoms with Gasteiger partial charge in [-0.25, -0.2) is 9.69 Å². The fourth-order valence-corrected chi connectivity index (χ4v) is 5.43. The standard InChI is InChI=1S/C28H26N2O6/c1-3-36-27(34)28(18-10-6-4-7-11-18)23-22(24(29-28)17-14-15-20(31)21(16-17)35-2)25(32)30(26(23)33)19-12-8-5-9-13-19/h4-16,22-24,29,31H,3H2,1-2H3/t22-,23-,24-,28-/m1/s1. The number of aromatic hydroxyl groups is 1. The molecule has 184 valence electrons. The lowest BCUT2D eigenvalue weighted by Crippen LogP contribution is -2.54. The van der Waals surface area contributed by atoms with E-state index in [2.05, 4.69) is 5.32 Å². The van der Waals surface area contributed by atoms with Crippen molar-refractivity contribution in [1.29, 1.82) is 0 Å². The molecule has 8 nitrogen and oxygen atoms in total. The molecule has 4 atom stereocenters. The van der Waals surface area contributed by atoms with Crippen LogP contribution in [0.5, 0.6) is 11.5 Å². The Labute approximate surface area is 208 Å². The lowest BCUT2D eigenvalue weighted by atomic mass is 9.75. The van der Waals surface area contributed by atoms with Gasteiger partial charge in [0.25, 0.3) is 0 Å². The Bertz CT molecular complexity index is 1310. The molecule has 2 aliphatic rings. The zero-order valence-corrected chi connectivity index (χ0v) is 19.9. The Morgan fingerprint density at radius 2 is 1.67 bits per heavy atom. The molecular weight excluding hydrogens is 460 g/mol. The van der Waals surface area contributed by atoms with Crippen molar-refractivity contribution in [2.45, 2.75) is 18.5 Å². The average Bonchev–Trinajstić information content (AvgIpc) is 3.40. The molecule has 2 aliphatic heterocycles. The van der Waals surface area contributed by atoms with Gasteiger partial charge in [-0.2, -0.15) is 0 Å². The number of esters is 1. The number of nitrogens with one attached hydrogen (secondary N) is 1. The molecule has 0 spiro atoms. The molecule has 2 saturated heterocycles. The second kappa shape index (κ2) is 9.13. The minimum Gasteiger partial charge on any atom is -0.504 e. The van der Waals surface area contributed by atoms with E-state index in [0.29, 0.717) is 16.8 Å². The molecule has 36 heavy (non-hydrogen) atoms. The van der Waals surface area contributed by atoms with Crippen LogP contribution in [0.1, 0.15) is 24.1 Å². The summed E-state index contributed by atoms with van der Waals surface area (Å²) in [6.45, 7) is 1.80. The molecule has 2 amide bonds. The molecule has 0 unspecified atom stereocenters. The maximum absolute atomic E-state index is 14.0. The number of ether oxygens (including phenoxy) is 2. The predicted molar refractivity (Wildman–Crippen MR) is 131 cm³/mol. The maximum Gasteiger partial charge on any atom is 0.331 e. The Morgan fingerprint density at radius 3 is 2.31 bits per heavy atom. The van der Waals surface area contributed by atoms with Crippen molar-refractivity contribution in [3.63, 3.8) is 0 Å². The van der Waals surface area contributed by atoms with E-state index in [9.17, 15) is 19.5 Å². The van der Waals surface area contributed by atoms with Gasteiger partial charge in [0.15, 0.2) is 17.0 Å². The third kappa shape index (κ3) is 3.45. The number of nitrogens with zero attached hydrogens (tertiary/aromatic N) is 1. The van der Waals surface area contributed by atoms with Gasteiger partial charge in [0.1, 0.15) is 0 Å². The number of carbonyl (C=O) groups is 3. The number of anilines is 1. The maximum atomic E-state index is 14.0. The van der Waals surface area contributed by atoms with E-state index in [1.165, 1.54) is 13.2 Å². The van der Waals surface area contributed by atoms with E-state index >= 15 is 0 Å². The van der Waals surface area contributed by atoms with Crippen molar-refractivity contribution in [2.24, 2.45) is 11.8 Å². The van der Waals surface area contributed by atoms with Crippen LogP contribution in [-0.2, 0) is 24.7 Å². The van der Waals surface area contributed by atoms with Crippen molar-refractivity contribution in [3.05, 3.63) is 90.0 Å². The first kappa shape index (κ1) is 23.6. The highest BCUT2D eigenvalue weighted by molar-refractivity contribution is 6.24. The quantitative estimate of drug-likeness (QED) is 0.407. The van der Waals surface area contributed by atoms with Crippen molar-refractivity contribution >= 4 is 23.5 Å². The SMILES string of the molecule is CCOC(=O)[C@]1(c2ccccc2)N[C@H](c2ccc(O)c(OC)c2)[C@@H]2C(=O)N(c3ccccc3)C(=O)[C@@H]21. The summed E-state index contributed by atoms with van der Waals surface area (Å²) in [7, 11) is 1.43.